The van der Waals surface area contributed by atoms with Gasteiger partial charge in [0, 0.05) is 9.77 Å². The van der Waals surface area contributed by atoms with Crippen LogP contribution in [0.5, 0.6) is 0 Å². The largest absolute Gasteiger partial charge is 0.341 e. The molecule has 0 aliphatic carbocycles. The third-order valence-electron chi connectivity index (χ3n) is 2.59. The summed E-state index contributed by atoms with van der Waals surface area (Å²) in [4.78, 5) is 17.2. The molecule has 2 heterocycles. The van der Waals surface area contributed by atoms with E-state index in [-0.39, 0.29) is 5.91 Å². The van der Waals surface area contributed by atoms with Gasteiger partial charge in [0.2, 0.25) is 0 Å². The zero-order chi connectivity index (χ0) is 14.0. The first-order chi connectivity index (χ1) is 8.90. The molecule has 0 spiro atoms. The molecule has 2 aromatic rings. The van der Waals surface area contributed by atoms with Gasteiger partial charge in [-0.1, -0.05) is 17.7 Å². The van der Waals surface area contributed by atoms with Crippen molar-refractivity contribution in [1.29, 1.82) is 0 Å². The van der Waals surface area contributed by atoms with E-state index in [2.05, 4.69) is 32.9 Å². The second-order valence-electron chi connectivity index (χ2n) is 4.52. The zero-order valence-corrected chi connectivity index (χ0v) is 14.1. The van der Waals surface area contributed by atoms with Gasteiger partial charge in [-0.2, -0.15) is 0 Å². The van der Waals surface area contributed by atoms with Crippen molar-refractivity contribution in [2.45, 2.75) is 19.4 Å². The highest BCUT2D eigenvalue weighted by Gasteiger charge is 2.26. The van der Waals surface area contributed by atoms with Gasteiger partial charge in [0.25, 0.3) is 5.91 Å². The van der Waals surface area contributed by atoms with Crippen molar-refractivity contribution in [2.24, 2.45) is 0 Å². The maximum atomic E-state index is 12.3. The van der Waals surface area contributed by atoms with Crippen molar-refractivity contribution in [3.05, 3.63) is 48.9 Å². The molecule has 1 N–H and O–H groups in total. The Kier molecular flexibility index (Phi) is 4.47. The van der Waals surface area contributed by atoms with Crippen LogP contribution in [0, 0.1) is 3.57 Å². The number of nitrogens with zero attached hydrogens (tertiary/aromatic N) is 1. The lowest BCUT2D eigenvalue weighted by Crippen LogP contribution is -2.41. The maximum absolute atomic E-state index is 12.3. The third kappa shape index (κ3) is 3.46. The van der Waals surface area contributed by atoms with Crippen molar-refractivity contribution in [1.82, 2.24) is 10.3 Å². The lowest BCUT2D eigenvalue weighted by molar-refractivity contribution is 0.0913. The number of halogens is 2. The molecule has 0 atom stereocenters. The molecule has 0 bridgehead atoms. The number of hydrogen-bond acceptors (Lipinski definition) is 3. The number of aromatic nitrogens is 1. The Bertz CT molecular complexity index is 598. The SMILES string of the molecule is CC(C)(NC(=O)c1sc(Cl)cc1I)c1ccccn1. The molecule has 0 saturated carbocycles. The van der Waals surface area contributed by atoms with Crippen LogP contribution in [0.2, 0.25) is 4.34 Å². The summed E-state index contributed by atoms with van der Waals surface area (Å²) in [5, 5.41) is 2.99. The van der Waals surface area contributed by atoms with Crippen LogP contribution in [0.15, 0.2) is 30.5 Å². The molecular weight excluding hydrogens is 395 g/mol. The molecule has 2 rings (SSSR count). The Balaban J connectivity index is 2.21. The fourth-order valence-corrected chi connectivity index (χ4v) is 3.93. The van der Waals surface area contributed by atoms with E-state index in [0.29, 0.717) is 9.21 Å². The standard InChI is InChI=1S/C13H12ClIN2OS/c1-13(2,9-5-3-4-6-16-9)17-12(18)11-8(15)7-10(14)19-11/h3-7H,1-2H3,(H,17,18). The summed E-state index contributed by atoms with van der Waals surface area (Å²) < 4.78 is 1.48. The predicted molar refractivity (Wildman–Crippen MR) is 86.8 cm³/mol. The minimum atomic E-state index is -0.530. The van der Waals surface area contributed by atoms with Crippen LogP contribution in [0.3, 0.4) is 0 Å². The minimum Gasteiger partial charge on any atom is -0.341 e. The van der Waals surface area contributed by atoms with Crippen molar-refractivity contribution in [2.75, 3.05) is 0 Å². The molecule has 100 valence electrons. The van der Waals surface area contributed by atoms with Gasteiger partial charge in [-0.3, -0.25) is 9.78 Å². The normalized spacial score (nSPS) is 11.4. The average Bonchev–Trinajstić information content (AvgIpc) is 2.69. The zero-order valence-electron chi connectivity index (χ0n) is 10.4. The Hall–Kier alpha value is -0.660. The Morgan fingerprint density at radius 1 is 1.47 bits per heavy atom. The number of nitrogens with one attached hydrogen (secondary N) is 1. The number of rotatable bonds is 3. The van der Waals surface area contributed by atoms with Gasteiger partial charge in [-0.25, -0.2) is 0 Å². The molecule has 0 fully saturated rings. The number of carbonyl (C=O) groups excluding carboxylic acids is 1. The van der Waals surface area contributed by atoms with Crippen LogP contribution in [0.1, 0.15) is 29.2 Å². The van der Waals surface area contributed by atoms with Crippen molar-refractivity contribution >= 4 is 51.4 Å². The second-order valence-corrected chi connectivity index (χ2v) is 7.37. The number of hydrogen-bond donors (Lipinski definition) is 1. The van der Waals surface area contributed by atoms with E-state index in [1.165, 1.54) is 11.3 Å². The highest BCUT2D eigenvalue weighted by Crippen LogP contribution is 2.29. The third-order valence-corrected chi connectivity index (χ3v) is 5.07. The quantitative estimate of drug-likeness (QED) is 0.781. The predicted octanol–water partition coefficient (Wildman–Crippen LogP) is 4.07. The summed E-state index contributed by atoms with van der Waals surface area (Å²) in [7, 11) is 0. The fourth-order valence-electron chi connectivity index (χ4n) is 1.63. The van der Waals surface area contributed by atoms with Crippen molar-refractivity contribution in [3.63, 3.8) is 0 Å². The number of amides is 1. The van der Waals surface area contributed by atoms with Crippen LogP contribution in [-0.2, 0) is 5.54 Å². The van der Waals surface area contributed by atoms with E-state index in [9.17, 15) is 4.79 Å². The Morgan fingerprint density at radius 2 is 2.21 bits per heavy atom. The molecule has 2 aromatic heterocycles. The molecule has 0 unspecified atom stereocenters. The Morgan fingerprint density at radius 3 is 2.74 bits per heavy atom. The summed E-state index contributed by atoms with van der Waals surface area (Å²) in [5.74, 6) is -0.128. The first-order valence-corrected chi connectivity index (χ1v) is 7.86. The average molecular weight is 407 g/mol. The van der Waals surface area contributed by atoms with Gasteiger partial charge in [-0.05, 0) is 54.6 Å². The fraction of sp³-hybridized carbons (Fsp3) is 0.231. The second kappa shape index (κ2) is 5.76. The van der Waals surface area contributed by atoms with Crippen LogP contribution in [-0.4, -0.2) is 10.9 Å². The van der Waals surface area contributed by atoms with Gasteiger partial charge in [0.1, 0.15) is 4.88 Å². The van der Waals surface area contributed by atoms with E-state index < -0.39 is 5.54 Å². The molecule has 1 amide bonds. The van der Waals surface area contributed by atoms with Crippen LogP contribution >= 0.6 is 45.5 Å². The summed E-state index contributed by atoms with van der Waals surface area (Å²) in [5.41, 5.74) is 0.291. The van der Waals surface area contributed by atoms with Crippen LogP contribution < -0.4 is 5.32 Å². The number of thiophene rings is 1. The number of carbonyl (C=O) groups is 1. The van der Waals surface area contributed by atoms with Crippen molar-refractivity contribution < 1.29 is 4.79 Å². The molecule has 0 aliphatic heterocycles. The molecule has 0 aromatic carbocycles. The molecule has 6 heteroatoms. The molecule has 0 saturated heterocycles. The molecule has 0 aliphatic rings. The highest BCUT2D eigenvalue weighted by atomic mass is 127. The van der Waals surface area contributed by atoms with Gasteiger partial charge in [0.15, 0.2) is 0 Å². The molecule has 19 heavy (non-hydrogen) atoms. The Labute approximate surface area is 134 Å². The van der Waals surface area contributed by atoms with E-state index in [1.807, 2.05) is 32.0 Å². The summed E-state index contributed by atoms with van der Waals surface area (Å²) >= 11 is 9.32. The summed E-state index contributed by atoms with van der Waals surface area (Å²) in [6.45, 7) is 3.85. The monoisotopic (exact) mass is 406 g/mol. The van der Waals surface area contributed by atoms with E-state index in [4.69, 9.17) is 11.6 Å². The maximum Gasteiger partial charge on any atom is 0.263 e. The smallest absolute Gasteiger partial charge is 0.263 e. The van der Waals surface area contributed by atoms with Crippen LogP contribution in [0.25, 0.3) is 0 Å². The summed E-state index contributed by atoms with van der Waals surface area (Å²) in [6, 6.07) is 7.44. The van der Waals surface area contributed by atoms with Gasteiger partial charge < -0.3 is 5.32 Å². The topological polar surface area (TPSA) is 42.0 Å². The van der Waals surface area contributed by atoms with E-state index in [0.717, 1.165) is 9.26 Å². The molecular formula is C13H12ClIN2OS. The minimum absolute atomic E-state index is 0.128. The van der Waals surface area contributed by atoms with Crippen molar-refractivity contribution in [3.8, 4) is 0 Å². The lowest BCUT2D eigenvalue weighted by Gasteiger charge is -2.25. The van der Waals surface area contributed by atoms with Gasteiger partial charge >= 0.3 is 0 Å². The molecule has 0 radical (unpaired) electrons. The van der Waals surface area contributed by atoms with E-state index in [1.54, 1.807) is 12.3 Å². The molecule has 3 nitrogen and oxygen atoms in total. The summed E-state index contributed by atoms with van der Waals surface area (Å²) in [6.07, 6.45) is 1.72. The first-order valence-electron chi connectivity index (χ1n) is 5.59. The lowest BCUT2D eigenvalue weighted by atomic mass is 10.00. The van der Waals surface area contributed by atoms with Gasteiger partial charge in [0.05, 0.1) is 15.6 Å². The first kappa shape index (κ1) is 14.7. The van der Waals surface area contributed by atoms with Gasteiger partial charge in [-0.15, -0.1) is 11.3 Å². The number of pyridine rings is 1. The highest BCUT2D eigenvalue weighted by molar-refractivity contribution is 14.1. The van der Waals surface area contributed by atoms with E-state index >= 15 is 0 Å². The van der Waals surface area contributed by atoms with Crippen LogP contribution in [0.4, 0.5) is 0 Å².